The van der Waals surface area contributed by atoms with Gasteiger partial charge in [0.2, 0.25) is 11.8 Å². The van der Waals surface area contributed by atoms with Crippen LogP contribution in [0.5, 0.6) is 0 Å². The Morgan fingerprint density at radius 3 is 2.19 bits per heavy atom. The number of hydrogen-bond acceptors (Lipinski definition) is 3. The minimum Gasteiger partial charge on any atom is -0.328 e. The fourth-order valence-corrected chi connectivity index (χ4v) is 3.86. The summed E-state index contributed by atoms with van der Waals surface area (Å²) in [6.45, 7) is 2.41. The van der Waals surface area contributed by atoms with E-state index in [4.69, 9.17) is 5.73 Å². The van der Waals surface area contributed by atoms with Crippen LogP contribution >= 0.6 is 0 Å². The lowest BCUT2D eigenvalue weighted by atomic mass is 10.00. The molecule has 0 radical (unpaired) electrons. The molecule has 3 unspecified atom stereocenters. The fraction of sp³-hybridized carbons (Fsp3) is 0.529. The largest absolute Gasteiger partial charge is 0.328 e. The van der Waals surface area contributed by atoms with E-state index in [0.29, 0.717) is 5.92 Å². The van der Waals surface area contributed by atoms with Crippen LogP contribution in [0.1, 0.15) is 37.8 Å². The Morgan fingerprint density at radius 1 is 1.14 bits per heavy atom. The third kappa shape index (κ3) is 2.27. The van der Waals surface area contributed by atoms with E-state index >= 15 is 0 Å². The SMILES string of the molecule is CCC1CC2C(=O)N(C(CN)c3ccccc3)C(=O)C2C1. The second kappa shape index (κ2) is 5.60. The second-order valence-electron chi connectivity index (χ2n) is 6.17. The van der Waals surface area contributed by atoms with E-state index in [0.717, 1.165) is 24.8 Å². The normalized spacial score (nSPS) is 29.8. The lowest BCUT2D eigenvalue weighted by Crippen LogP contribution is -2.39. The highest BCUT2D eigenvalue weighted by molar-refractivity contribution is 6.06. The van der Waals surface area contributed by atoms with Crippen molar-refractivity contribution in [1.29, 1.82) is 0 Å². The zero-order valence-electron chi connectivity index (χ0n) is 12.4. The van der Waals surface area contributed by atoms with Crippen molar-refractivity contribution in [3.8, 4) is 0 Å². The fourth-order valence-electron chi connectivity index (χ4n) is 3.86. The molecule has 2 fully saturated rings. The molecule has 2 N–H and O–H groups in total. The molecule has 1 aliphatic carbocycles. The van der Waals surface area contributed by atoms with Crippen LogP contribution in [0, 0.1) is 17.8 Å². The maximum Gasteiger partial charge on any atom is 0.233 e. The van der Waals surface area contributed by atoms with Gasteiger partial charge >= 0.3 is 0 Å². The highest BCUT2D eigenvalue weighted by atomic mass is 16.2. The molecule has 4 heteroatoms. The van der Waals surface area contributed by atoms with E-state index in [-0.39, 0.29) is 36.2 Å². The van der Waals surface area contributed by atoms with Crippen LogP contribution in [0.25, 0.3) is 0 Å². The Hall–Kier alpha value is -1.68. The number of hydrogen-bond donors (Lipinski definition) is 1. The number of imide groups is 1. The zero-order valence-corrected chi connectivity index (χ0v) is 12.4. The molecule has 1 saturated heterocycles. The molecule has 1 aromatic rings. The van der Waals surface area contributed by atoms with Gasteiger partial charge in [0.25, 0.3) is 0 Å². The quantitative estimate of drug-likeness (QED) is 0.862. The minimum absolute atomic E-state index is 0.0137. The van der Waals surface area contributed by atoms with Gasteiger partial charge in [-0.25, -0.2) is 0 Å². The Balaban J connectivity index is 1.87. The van der Waals surface area contributed by atoms with Gasteiger partial charge in [0.1, 0.15) is 0 Å². The van der Waals surface area contributed by atoms with Crippen LogP contribution in [-0.4, -0.2) is 23.3 Å². The molecule has 0 bridgehead atoms. The molecule has 3 atom stereocenters. The maximum absolute atomic E-state index is 12.7. The lowest BCUT2D eigenvalue weighted by molar-refractivity contribution is -0.143. The zero-order chi connectivity index (χ0) is 15.0. The van der Waals surface area contributed by atoms with Crippen molar-refractivity contribution in [2.75, 3.05) is 6.54 Å². The topological polar surface area (TPSA) is 63.4 Å². The molecule has 1 saturated carbocycles. The summed E-state index contributed by atoms with van der Waals surface area (Å²) >= 11 is 0. The molecule has 1 aliphatic heterocycles. The van der Waals surface area contributed by atoms with Crippen molar-refractivity contribution < 1.29 is 9.59 Å². The number of nitrogens with two attached hydrogens (primary N) is 1. The Labute approximate surface area is 125 Å². The summed E-state index contributed by atoms with van der Waals surface area (Å²) in [5.41, 5.74) is 6.81. The number of carbonyl (C=O) groups is 2. The monoisotopic (exact) mass is 286 g/mol. The third-order valence-corrected chi connectivity index (χ3v) is 5.07. The first-order valence-electron chi connectivity index (χ1n) is 7.79. The van der Waals surface area contributed by atoms with Gasteiger partial charge in [-0.2, -0.15) is 0 Å². The van der Waals surface area contributed by atoms with E-state index in [1.807, 2.05) is 30.3 Å². The molecule has 1 aromatic carbocycles. The maximum atomic E-state index is 12.7. The molecule has 0 aromatic heterocycles. The molecule has 112 valence electrons. The van der Waals surface area contributed by atoms with Gasteiger partial charge in [-0.1, -0.05) is 43.7 Å². The van der Waals surface area contributed by atoms with Crippen LogP contribution in [0.4, 0.5) is 0 Å². The van der Waals surface area contributed by atoms with E-state index in [1.165, 1.54) is 4.90 Å². The summed E-state index contributed by atoms with van der Waals surface area (Å²) in [5, 5.41) is 0. The van der Waals surface area contributed by atoms with E-state index in [9.17, 15) is 9.59 Å². The first-order chi connectivity index (χ1) is 10.2. The molecule has 1 heterocycles. The number of benzene rings is 1. The average Bonchev–Trinajstić information content (AvgIpc) is 3.04. The van der Waals surface area contributed by atoms with Gasteiger partial charge in [-0.3, -0.25) is 14.5 Å². The Kier molecular flexibility index (Phi) is 3.81. The summed E-state index contributed by atoms with van der Waals surface area (Å²) in [6.07, 6.45) is 2.76. The third-order valence-electron chi connectivity index (χ3n) is 5.07. The number of nitrogens with zero attached hydrogens (tertiary/aromatic N) is 1. The van der Waals surface area contributed by atoms with Gasteiger partial charge < -0.3 is 5.73 Å². The summed E-state index contributed by atoms with van der Waals surface area (Å²) < 4.78 is 0. The first kappa shape index (κ1) is 14.3. The molecule has 3 rings (SSSR count). The van der Waals surface area contributed by atoms with Crippen molar-refractivity contribution >= 4 is 11.8 Å². The Morgan fingerprint density at radius 2 is 1.71 bits per heavy atom. The molecular weight excluding hydrogens is 264 g/mol. The van der Waals surface area contributed by atoms with Crippen LogP contribution in [-0.2, 0) is 9.59 Å². The number of fused-ring (bicyclic) bond motifs is 1. The molecular formula is C17H22N2O2. The highest BCUT2D eigenvalue weighted by Crippen LogP contribution is 2.46. The second-order valence-corrected chi connectivity index (χ2v) is 6.17. The molecule has 2 aliphatic rings. The predicted octanol–water partition coefficient (Wildman–Crippen LogP) is 2.11. The van der Waals surface area contributed by atoms with Gasteiger partial charge in [-0.05, 0) is 24.3 Å². The van der Waals surface area contributed by atoms with Gasteiger partial charge in [0.15, 0.2) is 0 Å². The van der Waals surface area contributed by atoms with E-state index in [2.05, 4.69) is 6.92 Å². The van der Waals surface area contributed by atoms with Crippen LogP contribution in [0.15, 0.2) is 30.3 Å². The first-order valence-corrected chi connectivity index (χ1v) is 7.79. The summed E-state index contributed by atoms with van der Waals surface area (Å²) in [6, 6.07) is 9.29. The molecule has 4 nitrogen and oxygen atoms in total. The highest BCUT2D eigenvalue weighted by Gasteiger charge is 2.53. The average molecular weight is 286 g/mol. The van der Waals surface area contributed by atoms with Crippen molar-refractivity contribution in [2.45, 2.75) is 32.2 Å². The molecule has 2 amide bonds. The van der Waals surface area contributed by atoms with Crippen LogP contribution < -0.4 is 5.73 Å². The van der Waals surface area contributed by atoms with E-state index < -0.39 is 0 Å². The van der Waals surface area contributed by atoms with Crippen LogP contribution in [0.2, 0.25) is 0 Å². The van der Waals surface area contributed by atoms with Crippen molar-refractivity contribution in [2.24, 2.45) is 23.5 Å². The summed E-state index contributed by atoms with van der Waals surface area (Å²) in [4.78, 5) is 26.8. The summed E-state index contributed by atoms with van der Waals surface area (Å²) in [7, 11) is 0. The van der Waals surface area contributed by atoms with Crippen molar-refractivity contribution in [3.63, 3.8) is 0 Å². The number of likely N-dealkylation sites (tertiary alicyclic amines) is 1. The predicted molar refractivity (Wildman–Crippen MR) is 80.1 cm³/mol. The lowest BCUT2D eigenvalue weighted by Gasteiger charge is -2.27. The molecule has 21 heavy (non-hydrogen) atoms. The van der Waals surface area contributed by atoms with Gasteiger partial charge in [-0.15, -0.1) is 0 Å². The number of rotatable bonds is 4. The van der Waals surface area contributed by atoms with Crippen molar-refractivity contribution in [1.82, 2.24) is 4.90 Å². The summed E-state index contributed by atoms with van der Waals surface area (Å²) in [5.74, 6) is 0.268. The number of carbonyl (C=O) groups excluding carboxylic acids is 2. The number of amides is 2. The van der Waals surface area contributed by atoms with Gasteiger partial charge in [0.05, 0.1) is 17.9 Å². The van der Waals surface area contributed by atoms with Crippen LogP contribution in [0.3, 0.4) is 0 Å². The van der Waals surface area contributed by atoms with E-state index in [1.54, 1.807) is 0 Å². The van der Waals surface area contributed by atoms with Crippen molar-refractivity contribution in [3.05, 3.63) is 35.9 Å². The van der Waals surface area contributed by atoms with Gasteiger partial charge in [0, 0.05) is 6.54 Å². The molecule has 0 spiro atoms. The Bertz CT molecular complexity index is 519. The standard InChI is InChI=1S/C17H22N2O2/c1-2-11-8-13-14(9-11)17(21)19(16(13)20)15(10-18)12-6-4-3-5-7-12/h3-7,11,13-15H,2,8-10,18H2,1H3. The smallest absolute Gasteiger partial charge is 0.233 e. The minimum atomic E-state index is -0.322.